The summed E-state index contributed by atoms with van der Waals surface area (Å²) in [4.78, 5) is 26.4. The summed E-state index contributed by atoms with van der Waals surface area (Å²) >= 11 is 1.81. The van der Waals surface area contributed by atoms with Crippen molar-refractivity contribution in [1.82, 2.24) is 9.13 Å². The molecule has 30 heavy (non-hydrogen) atoms. The first-order valence-corrected chi connectivity index (χ1v) is 11.2. The Morgan fingerprint density at radius 2 is 1.67 bits per heavy atom. The van der Waals surface area contributed by atoms with E-state index in [1.165, 1.54) is 32.1 Å². The molecule has 1 aromatic heterocycles. The molecule has 0 unspecified atom stereocenters. The number of anilines is 1. The lowest BCUT2D eigenvalue weighted by atomic mass is 10.0. The lowest BCUT2D eigenvalue weighted by Crippen LogP contribution is -2.19. The van der Waals surface area contributed by atoms with Crippen LogP contribution in [0, 0.1) is 0 Å². The second-order valence-corrected chi connectivity index (χ2v) is 9.14. The van der Waals surface area contributed by atoms with Gasteiger partial charge in [-0.1, -0.05) is 19.3 Å². The van der Waals surface area contributed by atoms with Gasteiger partial charge in [0.05, 0.1) is 23.8 Å². The van der Waals surface area contributed by atoms with Crippen LogP contribution in [-0.4, -0.2) is 27.4 Å². The monoisotopic (exact) mass is 425 g/mol. The number of fused-ring (bicyclic) bond motifs is 1. The van der Waals surface area contributed by atoms with E-state index in [1.54, 1.807) is 54.6 Å². The summed E-state index contributed by atoms with van der Waals surface area (Å²) in [6.45, 7) is 0. The van der Waals surface area contributed by atoms with Crippen LogP contribution in [0.4, 0.5) is 5.69 Å². The van der Waals surface area contributed by atoms with Crippen molar-refractivity contribution in [3.8, 4) is 5.75 Å². The highest BCUT2D eigenvalue weighted by Crippen LogP contribution is 2.39. The van der Waals surface area contributed by atoms with Gasteiger partial charge in [-0.05, 0) is 49.2 Å². The zero-order valence-corrected chi connectivity index (χ0v) is 18.4. The smallest absolute Gasteiger partial charge is 0.328 e. The van der Waals surface area contributed by atoms with Crippen LogP contribution in [0.25, 0.3) is 11.0 Å². The van der Waals surface area contributed by atoms with Crippen LogP contribution in [-0.2, 0) is 14.1 Å². The highest BCUT2D eigenvalue weighted by molar-refractivity contribution is 8.00. The molecule has 1 aliphatic carbocycles. The molecule has 1 amide bonds. The fraction of sp³-hybridized carbons (Fsp3) is 0.391. The fourth-order valence-electron chi connectivity index (χ4n) is 4.02. The normalized spacial score (nSPS) is 14.8. The summed E-state index contributed by atoms with van der Waals surface area (Å²) < 4.78 is 8.46. The Bertz CT molecular complexity index is 1130. The maximum atomic E-state index is 12.9. The third kappa shape index (κ3) is 3.99. The van der Waals surface area contributed by atoms with E-state index in [9.17, 15) is 9.59 Å². The van der Waals surface area contributed by atoms with E-state index >= 15 is 0 Å². The molecule has 0 bridgehead atoms. The first-order chi connectivity index (χ1) is 14.5. The topological polar surface area (TPSA) is 65.3 Å². The molecule has 158 valence electrons. The summed E-state index contributed by atoms with van der Waals surface area (Å²) in [6.07, 6.45) is 6.16. The van der Waals surface area contributed by atoms with Crippen molar-refractivity contribution < 1.29 is 9.53 Å². The van der Waals surface area contributed by atoms with Crippen molar-refractivity contribution in [1.29, 1.82) is 0 Å². The lowest BCUT2D eigenvalue weighted by Gasteiger charge is -2.22. The molecule has 0 saturated heterocycles. The predicted octanol–water partition coefficient (Wildman–Crippen LogP) is 4.56. The number of ether oxygens (including phenoxy) is 1. The maximum Gasteiger partial charge on any atom is 0.328 e. The number of hydrogen-bond acceptors (Lipinski definition) is 4. The number of rotatable bonds is 5. The summed E-state index contributed by atoms with van der Waals surface area (Å²) in [6, 6.07) is 11.0. The number of thioether (sulfide) groups is 1. The Hall–Kier alpha value is -2.67. The molecule has 1 heterocycles. The number of imidazole rings is 1. The minimum Gasteiger partial charge on any atom is -0.497 e. The highest BCUT2D eigenvalue weighted by atomic mass is 32.2. The Morgan fingerprint density at radius 1 is 1.03 bits per heavy atom. The van der Waals surface area contributed by atoms with E-state index in [-0.39, 0.29) is 11.6 Å². The molecule has 0 aliphatic heterocycles. The van der Waals surface area contributed by atoms with Crippen LogP contribution in [0.2, 0.25) is 0 Å². The Morgan fingerprint density at radius 3 is 2.30 bits per heavy atom. The largest absolute Gasteiger partial charge is 0.497 e. The number of methoxy groups -OCH3 is 1. The summed E-state index contributed by atoms with van der Waals surface area (Å²) in [5, 5.41) is 3.61. The quantitative estimate of drug-likeness (QED) is 0.651. The molecule has 1 saturated carbocycles. The van der Waals surface area contributed by atoms with Crippen LogP contribution in [0.1, 0.15) is 42.5 Å². The standard InChI is InChI=1S/C23H27N3O3S/c1-25-19-13-18(24-22(27)15-9-11-16(29-3)12-10-15)21(14-20(19)26(2)23(25)28)30-17-7-5-4-6-8-17/h9-14,17H,4-8H2,1-3H3,(H,24,27). The second-order valence-electron chi connectivity index (χ2n) is 7.80. The van der Waals surface area contributed by atoms with Gasteiger partial charge in [0.2, 0.25) is 0 Å². The molecule has 3 aromatic rings. The molecule has 2 aromatic carbocycles. The molecule has 7 heteroatoms. The molecule has 0 spiro atoms. The van der Waals surface area contributed by atoms with E-state index in [1.807, 2.05) is 23.9 Å². The number of carbonyl (C=O) groups excluding carboxylic acids is 1. The summed E-state index contributed by atoms with van der Waals surface area (Å²) in [5.74, 6) is 0.532. The lowest BCUT2D eigenvalue weighted by molar-refractivity contribution is 0.102. The molecule has 0 atom stereocenters. The molecule has 1 aliphatic rings. The van der Waals surface area contributed by atoms with Crippen molar-refractivity contribution >= 4 is 34.4 Å². The van der Waals surface area contributed by atoms with E-state index in [0.29, 0.717) is 16.6 Å². The fourth-order valence-corrected chi connectivity index (χ4v) is 5.37. The van der Waals surface area contributed by atoms with Gasteiger partial charge < -0.3 is 10.1 Å². The number of aromatic nitrogens is 2. The number of amides is 1. The molecule has 0 radical (unpaired) electrons. The van der Waals surface area contributed by atoms with Gasteiger partial charge in [-0.2, -0.15) is 0 Å². The van der Waals surface area contributed by atoms with Gasteiger partial charge in [-0.15, -0.1) is 11.8 Å². The van der Waals surface area contributed by atoms with Crippen molar-refractivity contribution in [2.45, 2.75) is 42.2 Å². The molecular weight excluding hydrogens is 398 g/mol. The molecular formula is C23H27N3O3S. The van der Waals surface area contributed by atoms with Gasteiger partial charge >= 0.3 is 5.69 Å². The van der Waals surface area contributed by atoms with E-state index in [0.717, 1.165) is 21.6 Å². The Labute approximate surface area is 180 Å². The van der Waals surface area contributed by atoms with Crippen LogP contribution >= 0.6 is 11.8 Å². The number of carbonyl (C=O) groups is 1. The average Bonchev–Trinajstić information content (AvgIpc) is 2.98. The van der Waals surface area contributed by atoms with Crippen LogP contribution < -0.4 is 15.7 Å². The minimum atomic E-state index is -0.177. The molecule has 6 nitrogen and oxygen atoms in total. The number of hydrogen-bond donors (Lipinski definition) is 1. The van der Waals surface area contributed by atoms with E-state index in [4.69, 9.17) is 4.74 Å². The Kier molecular flexibility index (Phi) is 5.90. The van der Waals surface area contributed by atoms with Gasteiger partial charge in [-0.25, -0.2) is 4.79 Å². The first-order valence-electron chi connectivity index (χ1n) is 10.3. The first kappa shape index (κ1) is 20.6. The van der Waals surface area contributed by atoms with E-state index < -0.39 is 0 Å². The summed E-state index contributed by atoms with van der Waals surface area (Å²) in [5.41, 5.74) is 2.92. The zero-order valence-electron chi connectivity index (χ0n) is 17.6. The maximum absolute atomic E-state index is 12.9. The van der Waals surface area contributed by atoms with E-state index in [2.05, 4.69) is 5.32 Å². The number of nitrogens with zero attached hydrogens (tertiary/aromatic N) is 2. The molecule has 1 fully saturated rings. The van der Waals surface area contributed by atoms with Gasteiger partial charge in [0.15, 0.2) is 0 Å². The molecule has 4 rings (SSSR count). The van der Waals surface area contributed by atoms with Crippen LogP contribution in [0.3, 0.4) is 0 Å². The van der Waals surface area contributed by atoms with Crippen LogP contribution in [0.15, 0.2) is 46.1 Å². The highest BCUT2D eigenvalue weighted by Gasteiger charge is 2.20. The number of benzene rings is 2. The third-order valence-electron chi connectivity index (χ3n) is 5.82. The van der Waals surface area contributed by atoms with Crippen molar-refractivity contribution in [2.24, 2.45) is 14.1 Å². The van der Waals surface area contributed by atoms with Crippen LogP contribution in [0.5, 0.6) is 5.75 Å². The number of nitrogens with one attached hydrogen (secondary N) is 1. The Balaban J connectivity index is 1.71. The third-order valence-corrected chi connectivity index (χ3v) is 7.22. The average molecular weight is 426 g/mol. The molecule has 1 N–H and O–H groups in total. The van der Waals surface area contributed by atoms with Crippen molar-refractivity contribution in [3.63, 3.8) is 0 Å². The van der Waals surface area contributed by atoms with Gasteiger partial charge in [0.1, 0.15) is 5.75 Å². The zero-order chi connectivity index (χ0) is 21.3. The van der Waals surface area contributed by atoms with Gasteiger partial charge in [0, 0.05) is 29.8 Å². The second kappa shape index (κ2) is 8.60. The number of aryl methyl sites for hydroxylation is 2. The van der Waals surface area contributed by atoms with Gasteiger partial charge in [0.25, 0.3) is 5.91 Å². The predicted molar refractivity (Wildman–Crippen MR) is 122 cm³/mol. The summed E-state index contributed by atoms with van der Waals surface area (Å²) in [7, 11) is 5.15. The SMILES string of the molecule is COc1ccc(C(=O)Nc2cc3c(cc2SC2CCCCC2)n(C)c(=O)n3C)cc1. The van der Waals surface area contributed by atoms with Crippen molar-refractivity contribution in [2.75, 3.05) is 12.4 Å². The van der Waals surface area contributed by atoms with Crippen molar-refractivity contribution in [3.05, 3.63) is 52.4 Å². The minimum absolute atomic E-state index is 0.0720. The van der Waals surface area contributed by atoms with Gasteiger partial charge in [-0.3, -0.25) is 13.9 Å².